The van der Waals surface area contributed by atoms with Crippen molar-refractivity contribution >= 4 is 28.9 Å². The van der Waals surface area contributed by atoms with Crippen LogP contribution >= 0.6 is 11.6 Å². The van der Waals surface area contributed by atoms with E-state index >= 15 is 0 Å². The number of aromatic nitrogens is 2. The average molecular weight is 375 g/mol. The van der Waals surface area contributed by atoms with E-state index in [4.69, 9.17) is 11.6 Å². The summed E-state index contributed by atoms with van der Waals surface area (Å²) in [6, 6.07) is 3.78. The van der Waals surface area contributed by atoms with Crippen LogP contribution in [-0.4, -0.2) is 27.2 Å². The molecule has 1 aromatic carbocycles. The molecular formula is C14H13ClF2N4O4. The Morgan fingerprint density at radius 1 is 1.48 bits per heavy atom. The molecule has 0 radical (unpaired) electrons. The Kier molecular flexibility index (Phi) is 5.52. The molecule has 1 aromatic heterocycles. The van der Waals surface area contributed by atoms with E-state index in [1.54, 1.807) is 0 Å². The molecule has 25 heavy (non-hydrogen) atoms. The highest BCUT2D eigenvalue weighted by atomic mass is 35.5. The fourth-order valence-electron chi connectivity index (χ4n) is 2.21. The zero-order valence-corrected chi connectivity index (χ0v) is 13.9. The summed E-state index contributed by atoms with van der Waals surface area (Å²) in [5.41, 5.74) is 0.556. The maximum absolute atomic E-state index is 12.2. The van der Waals surface area contributed by atoms with Gasteiger partial charge in [-0.1, -0.05) is 11.6 Å². The summed E-state index contributed by atoms with van der Waals surface area (Å²) in [6.07, 6.45) is 0. The van der Waals surface area contributed by atoms with Crippen molar-refractivity contribution in [3.63, 3.8) is 0 Å². The van der Waals surface area contributed by atoms with Crippen molar-refractivity contribution in [1.82, 2.24) is 9.78 Å². The third-order valence-corrected chi connectivity index (χ3v) is 3.55. The summed E-state index contributed by atoms with van der Waals surface area (Å²) in [5.74, 6) is -0.733. The molecule has 0 fully saturated rings. The van der Waals surface area contributed by atoms with Gasteiger partial charge in [0.1, 0.15) is 23.7 Å². The summed E-state index contributed by atoms with van der Waals surface area (Å²) in [7, 11) is 0. The van der Waals surface area contributed by atoms with Crippen LogP contribution in [0.15, 0.2) is 18.2 Å². The minimum absolute atomic E-state index is 0.0974. The van der Waals surface area contributed by atoms with E-state index in [2.05, 4.69) is 15.2 Å². The number of hydrogen-bond acceptors (Lipinski definition) is 5. The molecule has 134 valence electrons. The smallest absolute Gasteiger partial charge is 0.387 e. The molecule has 8 nitrogen and oxygen atoms in total. The predicted molar refractivity (Wildman–Crippen MR) is 85.1 cm³/mol. The molecule has 2 rings (SSSR count). The first-order chi connectivity index (χ1) is 11.7. The number of anilines is 1. The minimum atomic E-state index is -3.01. The molecule has 0 saturated carbocycles. The number of carbonyl (C=O) groups excluding carboxylic acids is 1. The van der Waals surface area contributed by atoms with Crippen LogP contribution < -0.4 is 10.1 Å². The standard InChI is InChI=1S/C14H13ClF2N4O4/c1-7-13(21(23)24)8(2)20(19-7)6-12(22)18-9-3-4-11(10(15)5-9)25-14(16)17/h3-5,14H,6H2,1-2H3,(H,18,22). The second kappa shape index (κ2) is 7.43. The Morgan fingerprint density at radius 2 is 2.16 bits per heavy atom. The maximum atomic E-state index is 12.2. The van der Waals surface area contributed by atoms with Gasteiger partial charge in [0, 0.05) is 5.69 Å². The van der Waals surface area contributed by atoms with E-state index in [1.807, 2.05) is 0 Å². The molecule has 1 N–H and O–H groups in total. The van der Waals surface area contributed by atoms with Gasteiger partial charge >= 0.3 is 12.3 Å². The van der Waals surface area contributed by atoms with Gasteiger partial charge in [0.15, 0.2) is 0 Å². The van der Waals surface area contributed by atoms with Crippen molar-refractivity contribution in [3.05, 3.63) is 44.7 Å². The minimum Gasteiger partial charge on any atom is -0.433 e. The molecule has 1 heterocycles. The number of alkyl halides is 2. The number of amides is 1. The van der Waals surface area contributed by atoms with Crippen LogP contribution in [0.3, 0.4) is 0 Å². The van der Waals surface area contributed by atoms with Gasteiger partial charge in [-0.25, -0.2) is 0 Å². The van der Waals surface area contributed by atoms with Crippen molar-refractivity contribution in [1.29, 1.82) is 0 Å². The topological polar surface area (TPSA) is 99.3 Å². The third-order valence-electron chi connectivity index (χ3n) is 3.25. The Balaban J connectivity index is 2.09. The Labute approximate surface area is 145 Å². The summed E-state index contributed by atoms with van der Waals surface area (Å²) in [4.78, 5) is 22.5. The van der Waals surface area contributed by atoms with E-state index < -0.39 is 17.4 Å². The van der Waals surface area contributed by atoms with Crippen LogP contribution in [0, 0.1) is 24.0 Å². The lowest BCUT2D eigenvalue weighted by atomic mass is 10.3. The molecule has 2 aromatic rings. The van der Waals surface area contributed by atoms with Crippen LogP contribution in [0.1, 0.15) is 11.4 Å². The summed E-state index contributed by atoms with van der Waals surface area (Å²) in [6.45, 7) is -0.313. The van der Waals surface area contributed by atoms with Gasteiger partial charge in [0.05, 0.1) is 9.95 Å². The molecule has 0 unspecified atom stereocenters. The average Bonchev–Trinajstić information content (AvgIpc) is 2.75. The van der Waals surface area contributed by atoms with Gasteiger partial charge in [0.2, 0.25) is 5.91 Å². The van der Waals surface area contributed by atoms with Crippen molar-refractivity contribution in [2.45, 2.75) is 27.0 Å². The van der Waals surface area contributed by atoms with E-state index in [-0.39, 0.29) is 40.1 Å². The van der Waals surface area contributed by atoms with Gasteiger partial charge in [-0.15, -0.1) is 0 Å². The SMILES string of the molecule is Cc1nn(CC(=O)Nc2ccc(OC(F)F)c(Cl)c2)c(C)c1[N+](=O)[O-]. The number of nitro groups is 1. The fraction of sp³-hybridized carbons (Fsp3) is 0.286. The first-order valence-electron chi connectivity index (χ1n) is 6.91. The number of aryl methyl sites for hydroxylation is 1. The zero-order chi connectivity index (χ0) is 18.7. The molecule has 0 aliphatic heterocycles. The van der Waals surface area contributed by atoms with E-state index in [0.717, 1.165) is 0 Å². The highest BCUT2D eigenvalue weighted by molar-refractivity contribution is 6.32. The Hall–Kier alpha value is -2.75. The molecule has 11 heteroatoms. The Morgan fingerprint density at radius 3 is 2.68 bits per heavy atom. The van der Waals surface area contributed by atoms with Crippen molar-refractivity contribution in [2.75, 3.05) is 5.32 Å². The third kappa shape index (κ3) is 4.41. The molecule has 1 amide bonds. The maximum Gasteiger partial charge on any atom is 0.387 e. The van der Waals surface area contributed by atoms with Crippen LogP contribution in [0.4, 0.5) is 20.2 Å². The Bertz CT molecular complexity index is 825. The number of benzene rings is 1. The van der Waals surface area contributed by atoms with Gasteiger partial charge in [0.25, 0.3) is 0 Å². The van der Waals surface area contributed by atoms with E-state index in [0.29, 0.717) is 0 Å². The van der Waals surface area contributed by atoms with Crippen LogP contribution in [0.25, 0.3) is 0 Å². The lowest BCUT2D eigenvalue weighted by Crippen LogP contribution is -2.20. The monoisotopic (exact) mass is 374 g/mol. The fourth-order valence-corrected chi connectivity index (χ4v) is 2.44. The lowest BCUT2D eigenvalue weighted by molar-refractivity contribution is -0.386. The molecule has 0 aliphatic rings. The van der Waals surface area contributed by atoms with Crippen molar-refractivity contribution in [2.24, 2.45) is 0 Å². The predicted octanol–water partition coefficient (Wildman–Crippen LogP) is 3.30. The van der Waals surface area contributed by atoms with Crippen LogP contribution in [0.5, 0.6) is 5.75 Å². The second-order valence-electron chi connectivity index (χ2n) is 5.01. The van der Waals surface area contributed by atoms with Gasteiger partial charge < -0.3 is 10.1 Å². The second-order valence-corrected chi connectivity index (χ2v) is 5.41. The zero-order valence-electron chi connectivity index (χ0n) is 13.1. The molecule has 0 saturated heterocycles. The number of halogens is 3. The van der Waals surface area contributed by atoms with Crippen molar-refractivity contribution in [3.8, 4) is 5.75 Å². The number of nitrogens with one attached hydrogen (secondary N) is 1. The molecule has 0 spiro atoms. The van der Waals surface area contributed by atoms with Crippen molar-refractivity contribution < 1.29 is 23.2 Å². The number of rotatable bonds is 6. The van der Waals surface area contributed by atoms with E-state index in [9.17, 15) is 23.7 Å². The largest absolute Gasteiger partial charge is 0.433 e. The number of nitrogens with zero attached hydrogens (tertiary/aromatic N) is 3. The quantitative estimate of drug-likeness (QED) is 0.617. The first kappa shape index (κ1) is 18.6. The van der Waals surface area contributed by atoms with Crippen LogP contribution in [0.2, 0.25) is 5.02 Å². The van der Waals surface area contributed by atoms with E-state index in [1.165, 1.54) is 36.7 Å². The molecule has 0 atom stereocenters. The summed E-state index contributed by atoms with van der Waals surface area (Å²) in [5, 5.41) is 17.3. The lowest BCUT2D eigenvalue weighted by Gasteiger charge is -2.10. The van der Waals surface area contributed by atoms with Gasteiger partial charge in [-0.05, 0) is 32.0 Å². The highest BCUT2D eigenvalue weighted by Gasteiger charge is 2.22. The highest BCUT2D eigenvalue weighted by Crippen LogP contribution is 2.29. The number of carbonyl (C=O) groups is 1. The molecule has 0 bridgehead atoms. The molecule has 0 aliphatic carbocycles. The summed E-state index contributed by atoms with van der Waals surface area (Å²) >= 11 is 5.80. The van der Waals surface area contributed by atoms with Gasteiger partial charge in [-0.2, -0.15) is 13.9 Å². The number of hydrogen-bond donors (Lipinski definition) is 1. The molecular weight excluding hydrogens is 362 g/mol. The number of ether oxygens (including phenoxy) is 1. The first-order valence-corrected chi connectivity index (χ1v) is 7.29. The van der Waals surface area contributed by atoms with Crippen LogP contribution in [-0.2, 0) is 11.3 Å². The van der Waals surface area contributed by atoms with Gasteiger partial charge in [-0.3, -0.25) is 19.6 Å². The normalized spacial score (nSPS) is 10.8. The summed E-state index contributed by atoms with van der Waals surface area (Å²) < 4.78 is 29.8.